The summed E-state index contributed by atoms with van der Waals surface area (Å²) < 4.78 is 0. The average molecular weight is 296 g/mol. The molecule has 0 radical (unpaired) electrons. The average Bonchev–Trinajstić information content (AvgIpc) is 2.48. The lowest BCUT2D eigenvalue weighted by molar-refractivity contribution is -0.123. The lowest BCUT2D eigenvalue weighted by atomic mass is 9.89. The second-order valence-electron chi connectivity index (χ2n) is 6.30. The van der Waals surface area contributed by atoms with Gasteiger partial charge in [0.2, 0.25) is 0 Å². The van der Waals surface area contributed by atoms with E-state index < -0.39 is 0 Å². The number of unbranched alkanes of at least 4 members (excludes halogenated alkanes) is 4. The van der Waals surface area contributed by atoms with Crippen LogP contribution in [0, 0.1) is 5.92 Å². The van der Waals surface area contributed by atoms with E-state index in [4.69, 9.17) is 0 Å². The molecule has 1 unspecified atom stereocenters. The first kappa shape index (κ1) is 20.3. The smallest absolute Gasteiger partial charge is 0.135 e. The van der Waals surface area contributed by atoms with Gasteiger partial charge in [0.15, 0.2) is 0 Å². The Hall–Kier alpha value is -0.660. The minimum Gasteiger partial charge on any atom is -0.300 e. The van der Waals surface area contributed by atoms with Crippen molar-refractivity contribution in [3.8, 4) is 0 Å². The van der Waals surface area contributed by atoms with Crippen molar-refractivity contribution in [1.82, 2.24) is 0 Å². The van der Waals surface area contributed by atoms with Crippen LogP contribution in [0.1, 0.15) is 104 Å². The summed E-state index contributed by atoms with van der Waals surface area (Å²) >= 11 is 0. The Bertz CT molecular complexity index is 271. The Morgan fingerprint density at radius 3 is 1.90 bits per heavy atom. The second kappa shape index (κ2) is 14.3. The molecule has 2 heteroatoms. The summed E-state index contributed by atoms with van der Waals surface area (Å²) in [6, 6.07) is 0. The quantitative estimate of drug-likeness (QED) is 0.354. The van der Waals surface area contributed by atoms with Gasteiger partial charge in [0.05, 0.1) is 0 Å². The first-order valence-corrected chi connectivity index (χ1v) is 9.20. The summed E-state index contributed by atoms with van der Waals surface area (Å²) in [7, 11) is 0. The highest BCUT2D eigenvalue weighted by Gasteiger charge is 2.16. The highest BCUT2D eigenvalue weighted by molar-refractivity contribution is 5.81. The van der Waals surface area contributed by atoms with Crippen molar-refractivity contribution < 1.29 is 9.59 Å². The third-order valence-electron chi connectivity index (χ3n) is 4.19. The Balaban J connectivity index is 3.87. The summed E-state index contributed by atoms with van der Waals surface area (Å²) in [5.41, 5.74) is 0. The largest absolute Gasteiger partial charge is 0.300 e. The molecule has 0 aliphatic carbocycles. The van der Waals surface area contributed by atoms with Gasteiger partial charge in [-0.3, -0.25) is 9.59 Å². The van der Waals surface area contributed by atoms with Gasteiger partial charge in [-0.05, 0) is 32.1 Å². The van der Waals surface area contributed by atoms with E-state index in [9.17, 15) is 9.59 Å². The molecule has 0 aliphatic heterocycles. The van der Waals surface area contributed by atoms with Crippen LogP contribution in [-0.4, -0.2) is 11.6 Å². The standard InChI is InChI=1S/C19H36O2/c1-4-7-9-16-19(21)17(12-6-3)13-10-11-15-18(20)14-8-5-2/h17H,4-16H2,1-3H3. The predicted octanol–water partition coefficient (Wildman–Crippen LogP) is 5.87. The van der Waals surface area contributed by atoms with Crippen molar-refractivity contribution >= 4 is 11.6 Å². The summed E-state index contributed by atoms with van der Waals surface area (Å²) in [6.45, 7) is 6.44. The van der Waals surface area contributed by atoms with Gasteiger partial charge in [-0.2, -0.15) is 0 Å². The fraction of sp³-hybridized carbons (Fsp3) is 0.895. The fourth-order valence-corrected chi connectivity index (χ4v) is 2.78. The van der Waals surface area contributed by atoms with E-state index in [0.717, 1.165) is 70.6 Å². The second-order valence-corrected chi connectivity index (χ2v) is 6.30. The van der Waals surface area contributed by atoms with Gasteiger partial charge >= 0.3 is 0 Å². The predicted molar refractivity (Wildman–Crippen MR) is 90.5 cm³/mol. The van der Waals surface area contributed by atoms with Gasteiger partial charge < -0.3 is 0 Å². The molecule has 2 nitrogen and oxygen atoms in total. The van der Waals surface area contributed by atoms with Crippen LogP contribution in [-0.2, 0) is 9.59 Å². The van der Waals surface area contributed by atoms with Crippen molar-refractivity contribution in [2.24, 2.45) is 5.92 Å². The Labute approximate surface area is 132 Å². The van der Waals surface area contributed by atoms with Gasteiger partial charge in [0.1, 0.15) is 11.6 Å². The van der Waals surface area contributed by atoms with Gasteiger partial charge in [-0.15, -0.1) is 0 Å². The van der Waals surface area contributed by atoms with Crippen molar-refractivity contribution in [3.63, 3.8) is 0 Å². The molecule has 0 aromatic heterocycles. The van der Waals surface area contributed by atoms with E-state index in [2.05, 4.69) is 20.8 Å². The summed E-state index contributed by atoms with van der Waals surface area (Å²) in [6.07, 6.45) is 12.8. The molecule has 0 saturated heterocycles. The van der Waals surface area contributed by atoms with Crippen LogP contribution in [0.25, 0.3) is 0 Å². The molecule has 0 N–H and O–H groups in total. The van der Waals surface area contributed by atoms with Crippen molar-refractivity contribution in [1.29, 1.82) is 0 Å². The van der Waals surface area contributed by atoms with Crippen LogP contribution in [0.15, 0.2) is 0 Å². The molecule has 0 aromatic carbocycles. The Morgan fingerprint density at radius 1 is 0.667 bits per heavy atom. The molecule has 21 heavy (non-hydrogen) atoms. The van der Waals surface area contributed by atoms with Crippen molar-refractivity contribution in [2.45, 2.75) is 104 Å². The molecular weight excluding hydrogens is 260 g/mol. The molecule has 124 valence electrons. The van der Waals surface area contributed by atoms with Crippen LogP contribution in [0.3, 0.4) is 0 Å². The topological polar surface area (TPSA) is 34.1 Å². The van der Waals surface area contributed by atoms with Gasteiger partial charge in [0, 0.05) is 25.2 Å². The molecule has 0 bridgehead atoms. The number of Topliss-reactive ketones (excluding diaryl/α,β-unsaturated/α-hetero) is 2. The maximum Gasteiger partial charge on any atom is 0.135 e. The molecule has 0 saturated carbocycles. The summed E-state index contributed by atoms with van der Waals surface area (Å²) in [4.78, 5) is 23.8. The molecule has 0 aliphatic rings. The minimum atomic E-state index is 0.248. The Morgan fingerprint density at radius 2 is 1.29 bits per heavy atom. The normalized spacial score (nSPS) is 12.3. The summed E-state index contributed by atoms with van der Waals surface area (Å²) in [5.74, 6) is 1.11. The lowest BCUT2D eigenvalue weighted by Gasteiger charge is -2.14. The number of hydrogen-bond acceptors (Lipinski definition) is 2. The zero-order valence-electron chi connectivity index (χ0n) is 14.6. The van der Waals surface area contributed by atoms with E-state index in [-0.39, 0.29) is 5.92 Å². The third-order valence-corrected chi connectivity index (χ3v) is 4.19. The zero-order chi connectivity index (χ0) is 15.9. The van der Waals surface area contributed by atoms with Crippen LogP contribution in [0.5, 0.6) is 0 Å². The molecule has 0 fully saturated rings. The van der Waals surface area contributed by atoms with Gasteiger partial charge in [0.25, 0.3) is 0 Å². The Kier molecular flexibility index (Phi) is 13.8. The first-order chi connectivity index (χ1) is 10.2. The van der Waals surface area contributed by atoms with E-state index in [1.54, 1.807) is 0 Å². The summed E-state index contributed by atoms with van der Waals surface area (Å²) in [5, 5.41) is 0. The van der Waals surface area contributed by atoms with Crippen LogP contribution < -0.4 is 0 Å². The molecule has 0 heterocycles. The molecular formula is C19H36O2. The number of rotatable bonds is 15. The zero-order valence-corrected chi connectivity index (χ0v) is 14.6. The molecule has 0 amide bonds. The fourth-order valence-electron chi connectivity index (χ4n) is 2.78. The van der Waals surface area contributed by atoms with Crippen molar-refractivity contribution in [3.05, 3.63) is 0 Å². The first-order valence-electron chi connectivity index (χ1n) is 9.20. The van der Waals surface area contributed by atoms with E-state index >= 15 is 0 Å². The molecule has 0 spiro atoms. The number of hydrogen-bond donors (Lipinski definition) is 0. The van der Waals surface area contributed by atoms with E-state index in [1.165, 1.54) is 6.42 Å². The maximum absolute atomic E-state index is 12.2. The van der Waals surface area contributed by atoms with E-state index in [0.29, 0.717) is 18.0 Å². The number of carbonyl (C=O) groups excluding carboxylic acids is 2. The molecule has 0 rings (SSSR count). The highest BCUT2D eigenvalue weighted by Crippen LogP contribution is 2.20. The molecule has 0 aromatic rings. The number of carbonyl (C=O) groups is 2. The SMILES string of the molecule is CCCCCC(=O)C(CCC)CCCCC(=O)CCCC. The highest BCUT2D eigenvalue weighted by atomic mass is 16.1. The monoisotopic (exact) mass is 296 g/mol. The van der Waals surface area contributed by atoms with Gasteiger partial charge in [-0.25, -0.2) is 0 Å². The molecule has 1 atom stereocenters. The number of ketones is 2. The van der Waals surface area contributed by atoms with Crippen molar-refractivity contribution in [2.75, 3.05) is 0 Å². The van der Waals surface area contributed by atoms with Gasteiger partial charge in [-0.1, -0.05) is 52.9 Å². The maximum atomic E-state index is 12.2. The lowest BCUT2D eigenvalue weighted by Crippen LogP contribution is -2.14. The minimum absolute atomic E-state index is 0.248. The van der Waals surface area contributed by atoms with E-state index in [1.807, 2.05) is 0 Å². The third kappa shape index (κ3) is 11.7. The van der Waals surface area contributed by atoms with Crippen LogP contribution in [0.2, 0.25) is 0 Å². The van der Waals surface area contributed by atoms with Crippen LogP contribution in [0.4, 0.5) is 0 Å². The van der Waals surface area contributed by atoms with Crippen LogP contribution >= 0.6 is 0 Å².